The van der Waals surface area contributed by atoms with E-state index in [0.717, 1.165) is 4.90 Å². The quantitative estimate of drug-likeness (QED) is 0.446. The van der Waals surface area contributed by atoms with Gasteiger partial charge in [0.1, 0.15) is 11.3 Å². The van der Waals surface area contributed by atoms with Crippen LogP contribution in [0.3, 0.4) is 0 Å². The lowest BCUT2D eigenvalue weighted by Crippen LogP contribution is -2.54. The molecule has 2 aromatic rings. The topological polar surface area (TPSA) is 102 Å². The summed E-state index contributed by atoms with van der Waals surface area (Å²) in [6.07, 6.45) is 1.32. The molecule has 30 heavy (non-hydrogen) atoms. The van der Waals surface area contributed by atoms with E-state index < -0.39 is 23.8 Å². The number of carbonyl (C=O) groups is 4. The van der Waals surface area contributed by atoms with E-state index in [1.54, 1.807) is 25.1 Å². The van der Waals surface area contributed by atoms with E-state index in [0.29, 0.717) is 22.9 Å². The van der Waals surface area contributed by atoms with Crippen LogP contribution in [0.4, 0.5) is 10.5 Å². The fourth-order valence-electron chi connectivity index (χ4n) is 2.83. The lowest BCUT2D eigenvalue weighted by Gasteiger charge is -2.26. The van der Waals surface area contributed by atoms with Gasteiger partial charge in [0.2, 0.25) is 0 Å². The number of amides is 4. The Morgan fingerprint density at radius 1 is 1.13 bits per heavy atom. The van der Waals surface area contributed by atoms with E-state index in [9.17, 15) is 19.2 Å². The van der Waals surface area contributed by atoms with Gasteiger partial charge in [0.25, 0.3) is 11.8 Å². The van der Waals surface area contributed by atoms with Gasteiger partial charge < -0.3 is 9.47 Å². The molecule has 2 aromatic carbocycles. The Labute approximate surface area is 177 Å². The van der Waals surface area contributed by atoms with Gasteiger partial charge in [-0.25, -0.2) is 14.5 Å². The number of barbiturate groups is 1. The van der Waals surface area contributed by atoms with Gasteiger partial charge in [0.05, 0.1) is 25.0 Å². The third-order valence-corrected chi connectivity index (χ3v) is 4.45. The number of esters is 1. The molecule has 1 aliphatic heterocycles. The number of nitrogens with zero attached hydrogens (tertiary/aromatic N) is 1. The van der Waals surface area contributed by atoms with Gasteiger partial charge in [-0.05, 0) is 55.5 Å². The van der Waals surface area contributed by atoms with Crippen molar-refractivity contribution in [2.75, 3.05) is 18.6 Å². The first kappa shape index (κ1) is 21.1. The maximum absolute atomic E-state index is 13.0. The summed E-state index contributed by atoms with van der Waals surface area (Å²) in [5, 5.41) is 2.53. The Kier molecular flexibility index (Phi) is 6.17. The third-order valence-electron chi connectivity index (χ3n) is 4.22. The minimum absolute atomic E-state index is 0.180. The van der Waals surface area contributed by atoms with Gasteiger partial charge >= 0.3 is 12.0 Å². The van der Waals surface area contributed by atoms with Crippen LogP contribution in [0.15, 0.2) is 48.0 Å². The molecule has 1 N–H and O–H groups in total. The second kappa shape index (κ2) is 8.79. The van der Waals surface area contributed by atoms with E-state index >= 15 is 0 Å². The van der Waals surface area contributed by atoms with Crippen molar-refractivity contribution in [3.05, 3.63) is 64.2 Å². The van der Waals surface area contributed by atoms with Crippen LogP contribution >= 0.6 is 11.6 Å². The molecular formula is C21H17ClN2O6. The highest BCUT2D eigenvalue weighted by Gasteiger charge is 2.37. The van der Waals surface area contributed by atoms with E-state index in [4.69, 9.17) is 16.3 Å². The predicted molar refractivity (Wildman–Crippen MR) is 109 cm³/mol. The highest BCUT2D eigenvalue weighted by atomic mass is 35.5. The number of nitrogens with one attached hydrogen (secondary N) is 1. The average molecular weight is 429 g/mol. The molecule has 0 atom stereocenters. The van der Waals surface area contributed by atoms with Gasteiger partial charge in [-0.1, -0.05) is 11.6 Å². The summed E-state index contributed by atoms with van der Waals surface area (Å²) in [4.78, 5) is 50.0. The van der Waals surface area contributed by atoms with Crippen LogP contribution in [-0.4, -0.2) is 37.5 Å². The van der Waals surface area contributed by atoms with Gasteiger partial charge in [0.15, 0.2) is 0 Å². The number of ether oxygens (including phenoxy) is 2. The van der Waals surface area contributed by atoms with Crippen LogP contribution in [0.5, 0.6) is 5.75 Å². The Balaban J connectivity index is 2.00. The standard InChI is InChI=1S/C21H17ClN2O6/c1-3-30-17-9-6-14(22)10-13(17)11-16-18(25)23-21(28)24(19(16)26)15-7-4-12(5-8-15)20(27)29-2/h4-11H,3H2,1-2H3,(H,23,25,28)/b16-11+. The third kappa shape index (κ3) is 4.18. The molecule has 8 nitrogen and oxygen atoms in total. The number of hydrogen-bond donors (Lipinski definition) is 1. The SMILES string of the molecule is CCOc1ccc(Cl)cc1/C=C1\C(=O)NC(=O)N(c2ccc(C(=O)OC)cc2)C1=O. The largest absolute Gasteiger partial charge is 0.493 e. The van der Waals surface area contributed by atoms with Crippen LogP contribution in [0.1, 0.15) is 22.8 Å². The molecule has 154 valence electrons. The molecule has 1 aliphatic rings. The van der Waals surface area contributed by atoms with Crippen LogP contribution < -0.4 is 15.0 Å². The Bertz CT molecular complexity index is 1060. The molecule has 0 aliphatic carbocycles. The van der Waals surface area contributed by atoms with Crippen molar-refractivity contribution in [3.63, 3.8) is 0 Å². The van der Waals surface area contributed by atoms with Crippen molar-refractivity contribution in [1.29, 1.82) is 0 Å². The van der Waals surface area contributed by atoms with E-state index in [1.165, 1.54) is 37.5 Å². The lowest BCUT2D eigenvalue weighted by molar-refractivity contribution is -0.122. The van der Waals surface area contributed by atoms with Gasteiger partial charge in [0, 0.05) is 10.6 Å². The molecule has 0 spiro atoms. The molecule has 0 aromatic heterocycles. The number of hydrogen-bond acceptors (Lipinski definition) is 6. The normalized spacial score (nSPS) is 15.2. The van der Waals surface area contributed by atoms with Crippen LogP contribution in [0.25, 0.3) is 6.08 Å². The maximum atomic E-state index is 13.0. The summed E-state index contributed by atoms with van der Waals surface area (Å²) in [5.74, 6) is -1.79. The zero-order chi connectivity index (χ0) is 21.8. The summed E-state index contributed by atoms with van der Waals surface area (Å²) in [6, 6.07) is 9.52. The summed E-state index contributed by atoms with van der Waals surface area (Å²) < 4.78 is 10.1. The summed E-state index contributed by atoms with van der Waals surface area (Å²) in [6.45, 7) is 2.16. The zero-order valence-electron chi connectivity index (χ0n) is 16.1. The molecule has 0 saturated carbocycles. The number of anilines is 1. The number of urea groups is 1. The number of carbonyl (C=O) groups excluding carboxylic acids is 4. The Morgan fingerprint density at radius 2 is 1.83 bits per heavy atom. The number of rotatable bonds is 5. The van der Waals surface area contributed by atoms with Crippen molar-refractivity contribution in [2.45, 2.75) is 6.92 Å². The number of methoxy groups -OCH3 is 1. The first-order valence-corrected chi connectivity index (χ1v) is 9.25. The maximum Gasteiger partial charge on any atom is 0.337 e. The molecule has 1 fully saturated rings. The number of imide groups is 2. The van der Waals surface area contributed by atoms with Crippen molar-refractivity contribution >= 4 is 47.2 Å². The first-order chi connectivity index (χ1) is 14.3. The second-order valence-corrected chi connectivity index (χ2v) is 6.55. The highest BCUT2D eigenvalue weighted by molar-refractivity contribution is 6.39. The molecule has 0 bridgehead atoms. The summed E-state index contributed by atoms with van der Waals surface area (Å²) in [5.41, 5.74) is 0.575. The fraction of sp³-hybridized carbons (Fsp3) is 0.143. The van der Waals surface area contributed by atoms with Crippen LogP contribution in [0.2, 0.25) is 5.02 Å². The van der Waals surface area contributed by atoms with Gasteiger partial charge in [-0.15, -0.1) is 0 Å². The van der Waals surface area contributed by atoms with E-state index in [2.05, 4.69) is 10.1 Å². The Morgan fingerprint density at radius 3 is 2.47 bits per heavy atom. The number of benzene rings is 2. The van der Waals surface area contributed by atoms with Crippen molar-refractivity contribution in [3.8, 4) is 5.75 Å². The molecule has 0 radical (unpaired) electrons. The minimum atomic E-state index is -0.899. The van der Waals surface area contributed by atoms with Crippen LogP contribution in [-0.2, 0) is 14.3 Å². The molecule has 0 unspecified atom stereocenters. The predicted octanol–water partition coefficient (Wildman–Crippen LogP) is 3.19. The molecule has 1 saturated heterocycles. The van der Waals surface area contributed by atoms with Crippen molar-refractivity contribution in [2.24, 2.45) is 0 Å². The Hall–Kier alpha value is -3.65. The molecule has 3 rings (SSSR count). The molecular weight excluding hydrogens is 412 g/mol. The smallest absolute Gasteiger partial charge is 0.337 e. The zero-order valence-corrected chi connectivity index (χ0v) is 16.9. The van der Waals surface area contributed by atoms with E-state index in [1.807, 2.05) is 0 Å². The number of halogens is 1. The minimum Gasteiger partial charge on any atom is -0.493 e. The average Bonchev–Trinajstić information content (AvgIpc) is 2.72. The molecule has 1 heterocycles. The van der Waals surface area contributed by atoms with Crippen molar-refractivity contribution < 1.29 is 28.7 Å². The van der Waals surface area contributed by atoms with Gasteiger partial charge in [-0.2, -0.15) is 0 Å². The first-order valence-electron chi connectivity index (χ1n) is 8.88. The van der Waals surface area contributed by atoms with Crippen molar-refractivity contribution in [1.82, 2.24) is 5.32 Å². The monoisotopic (exact) mass is 428 g/mol. The summed E-state index contributed by atoms with van der Waals surface area (Å²) in [7, 11) is 1.24. The van der Waals surface area contributed by atoms with Gasteiger partial charge in [-0.3, -0.25) is 14.9 Å². The van der Waals surface area contributed by atoms with E-state index in [-0.39, 0.29) is 16.8 Å². The van der Waals surface area contributed by atoms with Crippen LogP contribution in [0, 0.1) is 0 Å². The molecule has 4 amide bonds. The highest BCUT2D eigenvalue weighted by Crippen LogP contribution is 2.28. The summed E-state index contributed by atoms with van der Waals surface area (Å²) >= 11 is 6.03. The second-order valence-electron chi connectivity index (χ2n) is 6.11. The lowest BCUT2D eigenvalue weighted by atomic mass is 10.1. The molecule has 9 heteroatoms. The fourth-order valence-corrected chi connectivity index (χ4v) is 3.01.